The first kappa shape index (κ1) is 14.3. The molecule has 0 atom stereocenters. The molecule has 2 aromatic rings. The molecule has 2 aromatic heterocycles. The highest BCUT2D eigenvalue weighted by Gasteiger charge is 2.18. The molecule has 2 heterocycles. The molecule has 106 valence electrons. The average molecular weight is 272 g/mol. The minimum atomic E-state index is -0.242. The van der Waals surface area contributed by atoms with Crippen LogP contribution in [0.15, 0.2) is 24.5 Å². The molecule has 0 aliphatic carbocycles. The minimum Gasteiger partial charge on any atom is -0.462 e. The van der Waals surface area contributed by atoms with Gasteiger partial charge in [0.25, 0.3) is 0 Å². The normalized spacial score (nSPS) is 10.6. The summed E-state index contributed by atoms with van der Waals surface area (Å²) >= 11 is 0. The predicted octanol–water partition coefficient (Wildman–Crippen LogP) is 2.99. The van der Waals surface area contributed by atoms with Crippen LogP contribution in [-0.2, 0) is 17.6 Å². The van der Waals surface area contributed by atoms with Crippen molar-refractivity contribution in [2.24, 2.45) is 0 Å². The van der Waals surface area contributed by atoms with Gasteiger partial charge in [-0.05, 0) is 56.9 Å². The molecule has 2 rings (SSSR count). The van der Waals surface area contributed by atoms with Gasteiger partial charge in [0, 0.05) is 23.8 Å². The quantitative estimate of drug-likeness (QED) is 0.851. The first-order valence-electron chi connectivity index (χ1n) is 6.87. The molecule has 0 bridgehead atoms. The Kier molecular flexibility index (Phi) is 4.56. The van der Waals surface area contributed by atoms with Gasteiger partial charge in [0.2, 0.25) is 0 Å². The van der Waals surface area contributed by atoms with E-state index in [1.807, 2.05) is 32.9 Å². The Labute approximate surface area is 119 Å². The smallest absolute Gasteiger partial charge is 0.340 e. The largest absolute Gasteiger partial charge is 0.462 e. The number of pyridine rings is 1. The van der Waals surface area contributed by atoms with E-state index in [0.717, 1.165) is 29.8 Å². The van der Waals surface area contributed by atoms with Gasteiger partial charge in [0.05, 0.1) is 12.2 Å². The number of nitrogens with one attached hydrogen (secondary N) is 1. The van der Waals surface area contributed by atoms with Gasteiger partial charge < -0.3 is 9.72 Å². The Hall–Kier alpha value is -2.10. The molecular weight excluding hydrogens is 252 g/mol. The second-order valence-corrected chi connectivity index (χ2v) is 4.80. The minimum absolute atomic E-state index is 0.242. The highest BCUT2D eigenvalue weighted by Crippen LogP contribution is 2.20. The van der Waals surface area contributed by atoms with Gasteiger partial charge in [-0.15, -0.1) is 0 Å². The van der Waals surface area contributed by atoms with Crippen molar-refractivity contribution in [1.29, 1.82) is 0 Å². The summed E-state index contributed by atoms with van der Waals surface area (Å²) in [6, 6.07) is 4.02. The Bertz CT molecular complexity index is 588. The number of carbonyl (C=O) groups excluding carboxylic acids is 1. The molecule has 20 heavy (non-hydrogen) atoms. The van der Waals surface area contributed by atoms with Crippen LogP contribution in [0.3, 0.4) is 0 Å². The molecule has 0 aromatic carbocycles. The van der Waals surface area contributed by atoms with Crippen molar-refractivity contribution in [2.45, 2.75) is 33.6 Å². The van der Waals surface area contributed by atoms with Gasteiger partial charge in [-0.25, -0.2) is 4.79 Å². The number of esters is 1. The third-order valence-electron chi connectivity index (χ3n) is 3.43. The fraction of sp³-hybridized carbons (Fsp3) is 0.375. The molecule has 0 unspecified atom stereocenters. The van der Waals surface area contributed by atoms with Crippen LogP contribution in [0, 0.1) is 13.8 Å². The average Bonchev–Trinajstić information content (AvgIpc) is 2.72. The van der Waals surface area contributed by atoms with E-state index in [4.69, 9.17) is 4.74 Å². The summed E-state index contributed by atoms with van der Waals surface area (Å²) in [5.41, 5.74) is 4.89. The Balaban J connectivity index is 2.13. The van der Waals surface area contributed by atoms with Crippen molar-refractivity contribution in [1.82, 2.24) is 9.97 Å². The second-order valence-electron chi connectivity index (χ2n) is 4.80. The molecule has 0 saturated carbocycles. The maximum Gasteiger partial charge on any atom is 0.340 e. The maximum atomic E-state index is 11.9. The summed E-state index contributed by atoms with van der Waals surface area (Å²) in [5.74, 6) is -0.242. The highest BCUT2D eigenvalue weighted by molar-refractivity contribution is 5.92. The zero-order chi connectivity index (χ0) is 14.5. The van der Waals surface area contributed by atoms with Gasteiger partial charge >= 0.3 is 5.97 Å². The molecule has 0 aliphatic rings. The number of hydrogen-bond donors (Lipinski definition) is 1. The molecule has 0 radical (unpaired) electrons. The Morgan fingerprint density at radius 1 is 1.25 bits per heavy atom. The van der Waals surface area contributed by atoms with E-state index in [0.29, 0.717) is 12.2 Å². The van der Waals surface area contributed by atoms with Crippen molar-refractivity contribution in [3.63, 3.8) is 0 Å². The number of aromatic amines is 1. The van der Waals surface area contributed by atoms with Gasteiger partial charge in [-0.2, -0.15) is 0 Å². The second kappa shape index (κ2) is 6.37. The van der Waals surface area contributed by atoms with Crippen LogP contribution in [0.1, 0.15) is 39.8 Å². The number of rotatable bonds is 5. The number of H-pyrrole nitrogens is 1. The van der Waals surface area contributed by atoms with E-state index in [2.05, 4.69) is 9.97 Å². The van der Waals surface area contributed by atoms with Crippen molar-refractivity contribution in [3.05, 3.63) is 52.6 Å². The monoisotopic (exact) mass is 272 g/mol. The van der Waals surface area contributed by atoms with Crippen molar-refractivity contribution in [3.8, 4) is 0 Å². The van der Waals surface area contributed by atoms with Crippen LogP contribution in [0.2, 0.25) is 0 Å². The van der Waals surface area contributed by atoms with Crippen molar-refractivity contribution < 1.29 is 9.53 Å². The maximum absolute atomic E-state index is 11.9. The fourth-order valence-corrected chi connectivity index (χ4v) is 2.39. The van der Waals surface area contributed by atoms with Crippen molar-refractivity contribution >= 4 is 5.97 Å². The number of aryl methyl sites for hydroxylation is 3. The number of hydrogen-bond acceptors (Lipinski definition) is 3. The number of carbonyl (C=O) groups is 1. The molecule has 1 N–H and O–H groups in total. The van der Waals surface area contributed by atoms with Crippen LogP contribution in [-0.4, -0.2) is 22.5 Å². The third kappa shape index (κ3) is 3.07. The highest BCUT2D eigenvalue weighted by atomic mass is 16.5. The summed E-state index contributed by atoms with van der Waals surface area (Å²) in [4.78, 5) is 19.2. The first-order valence-corrected chi connectivity index (χ1v) is 6.87. The van der Waals surface area contributed by atoms with E-state index >= 15 is 0 Å². The van der Waals surface area contributed by atoms with Gasteiger partial charge in [0.1, 0.15) is 0 Å². The summed E-state index contributed by atoms with van der Waals surface area (Å²) in [6.07, 6.45) is 5.39. The van der Waals surface area contributed by atoms with Crippen molar-refractivity contribution in [2.75, 3.05) is 6.61 Å². The van der Waals surface area contributed by atoms with E-state index in [1.165, 1.54) is 5.56 Å². The lowest BCUT2D eigenvalue weighted by molar-refractivity contribution is 0.0525. The predicted molar refractivity (Wildman–Crippen MR) is 77.9 cm³/mol. The van der Waals surface area contributed by atoms with Gasteiger partial charge in [0.15, 0.2) is 0 Å². The number of aromatic nitrogens is 2. The first-order chi connectivity index (χ1) is 9.63. The topological polar surface area (TPSA) is 55.0 Å². The fourth-order valence-electron chi connectivity index (χ4n) is 2.39. The number of ether oxygens (including phenoxy) is 1. The van der Waals surface area contributed by atoms with E-state index in [-0.39, 0.29) is 5.97 Å². The van der Waals surface area contributed by atoms with Crippen LogP contribution >= 0.6 is 0 Å². The number of nitrogens with zero attached hydrogens (tertiary/aromatic N) is 1. The lowest BCUT2D eigenvalue weighted by atomic mass is 10.1. The van der Waals surface area contributed by atoms with Gasteiger partial charge in [-0.1, -0.05) is 0 Å². The zero-order valence-corrected chi connectivity index (χ0v) is 12.2. The van der Waals surface area contributed by atoms with Gasteiger partial charge in [-0.3, -0.25) is 4.98 Å². The summed E-state index contributed by atoms with van der Waals surface area (Å²) in [6.45, 7) is 6.10. The summed E-state index contributed by atoms with van der Waals surface area (Å²) < 4.78 is 5.10. The standard InChI is InChI=1S/C16H20N2O2/c1-4-20-16(19)15-11(2)14(18-12(15)3)6-5-13-7-9-17-10-8-13/h7-10,18H,4-6H2,1-3H3. The molecular formula is C16H20N2O2. The Morgan fingerprint density at radius 3 is 2.60 bits per heavy atom. The van der Waals surface area contributed by atoms with Crippen LogP contribution in [0.5, 0.6) is 0 Å². The van der Waals surface area contributed by atoms with Crippen LogP contribution in [0.25, 0.3) is 0 Å². The molecule has 0 amide bonds. The van der Waals surface area contributed by atoms with E-state index < -0.39 is 0 Å². The van der Waals surface area contributed by atoms with Crippen LogP contribution < -0.4 is 0 Å². The summed E-state index contributed by atoms with van der Waals surface area (Å²) in [7, 11) is 0. The lowest BCUT2D eigenvalue weighted by Crippen LogP contribution is -2.06. The third-order valence-corrected chi connectivity index (χ3v) is 3.43. The molecule has 4 nitrogen and oxygen atoms in total. The lowest BCUT2D eigenvalue weighted by Gasteiger charge is -2.03. The SMILES string of the molecule is CCOC(=O)c1c(C)[nH]c(CCc2ccncc2)c1C. The summed E-state index contributed by atoms with van der Waals surface area (Å²) in [5, 5.41) is 0. The molecule has 0 aliphatic heterocycles. The van der Waals surface area contributed by atoms with Crippen LogP contribution in [0.4, 0.5) is 0 Å². The Morgan fingerprint density at radius 2 is 1.95 bits per heavy atom. The van der Waals surface area contributed by atoms with E-state index in [1.54, 1.807) is 12.4 Å². The molecule has 0 saturated heterocycles. The molecule has 4 heteroatoms. The molecule has 0 fully saturated rings. The van der Waals surface area contributed by atoms with E-state index in [9.17, 15) is 4.79 Å². The zero-order valence-electron chi connectivity index (χ0n) is 12.2. The molecule has 0 spiro atoms.